The molecule has 1 fully saturated rings. The number of halogens is 1. The Morgan fingerprint density at radius 3 is 3.07 bits per heavy atom. The third-order valence-corrected chi connectivity index (χ3v) is 4.43. The molecule has 1 saturated carbocycles. The maximum Gasteiger partial charge on any atom is 0.106 e. The van der Waals surface area contributed by atoms with E-state index in [1.165, 1.54) is 47.9 Å². The quantitative estimate of drug-likeness (QED) is 0.702. The largest absolute Gasteiger partial charge is 0.494 e. The zero-order chi connectivity index (χ0) is 9.97. The molecular formula is C12H19IO. The minimum absolute atomic E-state index is 0.570. The lowest BCUT2D eigenvalue weighted by atomic mass is 9.98. The van der Waals surface area contributed by atoms with E-state index in [0.29, 0.717) is 6.10 Å². The molecule has 0 N–H and O–H groups in total. The number of hydrogen-bond acceptors (Lipinski definition) is 1. The standard InChI is InChI=1S/C12H19IO/c1-2-3-6-12-10(13)8-9-5-4-7-11(9)14-12/h9,11H,2-8H2,1H3/t9-,11+/m1/s1. The lowest BCUT2D eigenvalue weighted by molar-refractivity contribution is 0.0615. The summed E-state index contributed by atoms with van der Waals surface area (Å²) in [5, 5.41) is 0. The van der Waals surface area contributed by atoms with Crippen LogP contribution in [0.4, 0.5) is 0 Å². The van der Waals surface area contributed by atoms with Crippen molar-refractivity contribution in [2.45, 2.75) is 58.0 Å². The SMILES string of the molecule is CCCCC1=C(I)C[C@H]2CCC[C@@H]2O1. The molecule has 2 atom stereocenters. The van der Waals surface area contributed by atoms with E-state index in [1.54, 1.807) is 0 Å². The molecule has 2 rings (SSSR count). The zero-order valence-electron chi connectivity index (χ0n) is 8.89. The van der Waals surface area contributed by atoms with E-state index in [4.69, 9.17) is 4.74 Å². The highest BCUT2D eigenvalue weighted by molar-refractivity contribution is 14.1. The Kier molecular flexibility index (Phi) is 3.74. The molecule has 1 aliphatic carbocycles. The monoisotopic (exact) mass is 306 g/mol. The van der Waals surface area contributed by atoms with E-state index >= 15 is 0 Å². The van der Waals surface area contributed by atoms with Crippen molar-refractivity contribution in [2.24, 2.45) is 5.92 Å². The fourth-order valence-electron chi connectivity index (χ4n) is 2.51. The predicted octanol–water partition coefficient (Wildman–Crippen LogP) is 4.41. The highest BCUT2D eigenvalue weighted by atomic mass is 127. The van der Waals surface area contributed by atoms with Gasteiger partial charge in [0.25, 0.3) is 0 Å². The fraction of sp³-hybridized carbons (Fsp3) is 0.833. The Morgan fingerprint density at radius 2 is 2.29 bits per heavy atom. The smallest absolute Gasteiger partial charge is 0.106 e. The van der Waals surface area contributed by atoms with Crippen LogP contribution in [-0.4, -0.2) is 6.10 Å². The maximum atomic E-state index is 6.10. The van der Waals surface area contributed by atoms with Crippen molar-refractivity contribution < 1.29 is 4.74 Å². The second-order valence-electron chi connectivity index (χ2n) is 4.48. The number of hydrogen-bond donors (Lipinski definition) is 0. The van der Waals surface area contributed by atoms with Gasteiger partial charge in [-0.05, 0) is 54.7 Å². The van der Waals surface area contributed by atoms with Gasteiger partial charge in [-0.3, -0.25) is 0 Å². The molecule has 80 valence electrons. The number of rotatable bonds is 3. The summed E-state index contributed by atoms with van der Waals surface area (Å²) in [6, 6.07) is 0. The van der Waals surface area contributed by atoms with Crippen LogP contribution < -0.4 is 0 Å². The third kappa shape index (κ3) is 2.26. The number of unbranched alkanes of at least 4 members (excludes halogenated alkanes) is 1. The maximum absolute atomic E-state index is 6.10. The molecule has 0 saturated heterocycles. The van der Waals surface area contributed by atoms with Gasteiger partial charge in [0.05, 0.1) is 0 Å². The van der Waals surface area contributed by atoms with Crippen LogP contribution >= 0.6 is 22.6 Å². The molecule has 0 aromatic heterocycles. The van der Waals surface area contributed by atoms with Gasteiger partial charge >= 0.3 is 0 Å². The van der Waals surface area contributed by atoms with Crippen LogP contribution in [0.2, 0.25) is 0 Å². The van der Waals surface area contributed by atoms with Gasteiger partial charge < -0.3 is 4.74 Å². The summed E-state index contributed by atoms with van der Waals surface area (Å²) < 4.78 is 7.60. The number of ether oxygens (including phenoxy) is 1. The van der Waals surface area contributed by atoms with Gasteiger partial charge in [-0.2, -0.15) is 0 Å². The van der Waals surface area contributed by atoms with Gasteiger partial charge in [-0.25, -0.2) is 0 Å². The average Bonchev–Trinajstić information content (AvgIpc) is 2.61. The highest BCUT2D eigenvalue weighted by Gasteiger charge is 2.34. The zero-order valence-corrected chi connectivity index (χ0v) is 11.0. The van der Waals surface area contributed by atoms with Gasteiger partial charge in [0.2, 0.25) is 0 Å². The van der Waals surface area contributed by atoms with Gasteiger partial charge in [-0.1, -0.05) is 13.3 Å². The van der Waals surface area contributed by atoms with Crippen molar-refractivity contribution in [3.8, 4) is 0 Å². The Labute approximate surface area is 100 Å². The molecule has 1 nitrogen and oxygen atoms in total. The first kappa shape index (κ1) is 10.8. The Balaban J connectivity index is 1.98. The summed E-state index contributed by atoms with van der Waals surface area (Å²) >= 11 is 2.49. The molecule has 0 amide bonds. The first-order valence-electron chi connectivity index (χ1n) is 5.85. The van der Waals surface area contributed by atoms with Crippen molar-refractivity contribution >= 4 is 22.6 Å². The lowest BCUT2D eigenvalue weighted by Gasteiger charge is -2.29. The van der Waals surface area contributed by atoms with Crippen LogP contribution in [0, 0.1) is 5.92 Å². The van der Waals surface area contributed by atoms with Crippen molar-refractivity contribution in [3.05, 3.63) is 9.34 Å². The molecule has 0 aromatic carbocycles. The van der Waals surface area contributed by atoms with E-state index in [2.05, 4.69) is 29.5 Å². The topological polar surface area (TPSA) is 9.23 Å². The van der Waals surface area contributed by atoms with E-state index < -0.39 is 0 Å². The number of fused-ring (bicyclic) bond motifs is 1. The average molecular weight is 306 g/mol. The minimum atomic E-state index is 0.570. The molecule has 0 aromatic rings. The van der Waals surface area contributed by atoms with Crippen molar-refractivity contribution in [1.82, 2.24) is 0 Å². The van der Waals surface area contributed by atoms with Crippen LogP contribution in [0.3, 0.4) is 0 Å². The first-order chi connectivity index (χ1) is 6.81. The molecule has 0 radical (unpaired) electrons. The molecule has 0 spiro atoms. The van der Waals surface area contributed by atoms with Gasteiger partial charge in [0.15, 0.2) is 0 Å². The highest BCUT2D eigenvalue weighted by Crippen LogP contribution is 2.42. The summed E-state index contributed by atoms with van der Waals surface area (Å²) in [6.07, 6.45) is 9.63. The van der Waals surface area contributed by atoms with E-state index in [-0.39, 0.29) is 0 Å². The summed E-state index contributed by atoms with van der Waals surface area (Å²) in [4.78, 5) is 0. The third-order valence-electron chi connectivity index (χ3n) is 3.38. The Morgan fingerprint density at radius 1 is 1.43 bits per heavy atom. The van der Waals surface area contributed by atoms with E-state index in [1.807, 2.05) is 0 Å². The van der Waals surface area contributed by atoms with Crippen LogP contribution in [-0.2, 0) is 4.74 Å². The van der Waals surface area contributed by atoms with E-state index in [9.17, 15) is 0 Å². The molecule has 0 bridgehead atoms. The predicted molar refractivity (Wildman–Crippen MR) is 67.4 cm³/mol. The van der Waals surface area contributed by atoms with Gasteiger partial charge in [0.1, 0.15) is 11.9 Å². The van der Waals surface area contributed by atoms with Crippen LogP contribution in [0.1, 0.15) is 51.9 Å². The molecule has 2 aliphatic rings. The van der Waals surface area contributed by atoms with E-state index in [0.717, 1.165) is 12.3 Å². The van der Waals surface area contributed by atoms with Crippen LogP contribution in [0.15, 0.2) is 9.34 Å². The van der Waals surface area contributed by atoms with Crippen molar-refractivity contribution in [2.75, 3.05) is 0 Å². The minimum Gasteiger partial charge on any atom is -0.494 e. The second-order valence-corrected chi connectivity index (χ2v) is 5.79. The van der Waals surface area contributed by atoms with Gasteiger partial charge in [0, 0.05) is 15.9 Å². The van der Waals surface area contributed by atoms with Gasteiger partial charge in [-0.15, -0.1) is 0 Å². The summed E-state index contributed by atoms with van der Waals surface area (Å²) in [7, 11) is 0. The molecule has 1 aliphatic heterocycles. The first-order valence-corrected chi connectivity index (χ1v) is 6.93. The molecular weight excluding hydrogens is 287 g/mol. The normalized spacial score (nSPS) is 31.6. The molecule has 14 heavy (non-hydrogen) atoms. The lowest BCUT2D eigenvalue weighted by Crippen LogP contribution is -2.23. The second kappa shape index (κ2) is 4.86. The molecule has 0 unspecified atom stereocenters. The Bertz CT molecular complexity index is 234. The van der Waals surface area contributed by atoms with Crippen LogP contribution in [0.5, 0.6) is 0 Å². The molecule has 2 heteroatoms. The summed E-state index contributed by atoms with van der Waals surface area (Å²) in [6.45, 7) is 2.24. The fourth-order valence-corrected chi connectivity index (χ4v) is 3.48. The molecule has 1 heterocycles. The van der Waals surface area contributed by atoms with Crippen molar-refractivity contribution in [1.29, 1.82) is 0 Å². The number of allylic oxidation sites excluding steroid dienone is 2. The summed E-state index contributed by atoms with van der Waals surface area (Å²) in [5.41, 5.74) is 0. The Hall–Kier alpha value is 0.270. The summed E-state index contributed by atoms with van der Waals surface area (Å²) in [5.74, 6) is 2.16. The van der Waals surface area contributed by atoms with Crippen LogP contribution in [0.25, 0.3) is 0 Å². The van der Waals surface area contributed by atoms with Crippen molar-refractivity contribution in [3.63, 3.8) is 0 Å².